The number of hydrazine groups is 1. The van der Waals surface area contributed by atoms with Crippen LogP contribution in [0.2, 0.25) is 0 Å². The van der Waals surface area contributed by atoms with Gasteiger partial charge in [0, 0.05) is 13.1 Å². The lowest BCUT2D eigenvalue weighted by molar-refractivity contribution is -0.0228. The molecule has 1 aliphatic heterocycles. The summed E-state index contributed by atoms with van der Waals surface area (Å²) < 4.78 is 5.52. The monoisotopic (exact) mass is 251 g/mol. The van der Waals surface area contributed by atoms with Gasteiger partial charge in [-0.3, -0.25) is 4.79 Å². The summed E-state index contributed by atoms with van der Waals surface area (Å²) in [5.41, 5.74) is 2.70. The molecule has 2 rings (SSSR count). The van der Waals surface area contributed by atoms with Crippen LogP contribution in [0.25, 0.3) is 0 Å². The van der Waals surface area contributed by atoms with Crippen molar-refractivity contribution in [3.8, 4) is 0 Å². The lowest BCUT2D eigenvalue weighted by atomic mass is 10.2. The molecule has 1 aliphatic rings. The number of nitrogens with zero attached hydrogens (tertiary/aromatic N) is 3. The van der Waals surface area contributed by atoms with Crippen LogP contribution < -0.4 is 11.3 Å². The van der Waals surface area contributed by atoms with E-state index in [1.165, 1.54) is 0 Å². The molecule has 0 bridgehead atoms. The van der Waals surface area contributed by atoms with Gasteiger partial charge in [-0.2, -0.15) is 0 Å². The molecule has 1 unspecified atom stereocenters. The largest absolute Gasteiger partial charge is 0.375 e. The molecule has 0 aliphatic carbocycles. The van der Waals surface area contributed by atoms with E-state index in [-0.39, 0.29) is 12.0 Å². The summed E-state index contributed by atoms with van der Waals surface area (Å²) >= 11 is 0. The first-order valence-corrected chi connectivity index (χ1v) is 5.95. The maximum Gasteiger partial charge on any atom is 0.274 e. The van der Waals surface area contributed by atoms with Gasteiger partial charge in [-0.15, -0.1) is 10.2 Å². The molecule has 0 radical (unpaired) electrons. The average Bonchev–Trinajstić information content (AvgIpc) is 2.46. The smallest absolute Gasteiger partial charge is 0.274 e. The van der Waals surface area contributed by atoms with E-state index >= 15 is 0 Å². The van der Waals surface area contributed by atoms with Crippen molar-refractivity contribution in [3.63, 3.8) is 0 Å². The Balaban J connectivity index is 2.05. The van der Waals surface area contributed by atoms with E-state index in [4.69, 9.17) is 10.6 Å². The van der Waals surface area contributed by atoms with Gasteiger partial charge in [0.05, 0.1) is 12.7 Å². The van der Waals surface area contributed by atoms with Crippen molar-refractivity contribution in [1.82, 2.24) is 15.1 Å². The van der Waals surface area contributed by atoms with Crippen LogP contribution in [0, 0.1) is 0 Å². The molecule has 1 aromatic heterocycles. The molecule has 3 N–H and O–H groups in total. The van der Waals surface area contributed by atoms with Gasteiger partial charge in [0.2, 0.25) is 0 Å². The zero-order chi connectivity index (χ0) is 13.0. The zero-order valence-corrected chi connectivity index (χ0v) is 10.3. The Hall–Kier alpha value is -1.73. The van der Waals surface area contributed by atoms with Gasteiger partial charge in [0.25, 0.3) is 5.91 Å². The van der Waals surface area contributed by atoms with E-state index < -0.39 is 0 Å². The second-order valence-electron chi connectivity index (χ2n) is 4.10. The number of nitrogens with one attached hydrogen (secondary N) is 1. The molecule has 7 nitrogen and oxygen atoms in total. The predicted molar refractivity (Wildman–Crippen MR) is 65.8 cm³/mol. The fourth-order valence-corrected chi connectivity index (χ4v) is 1.84. The molecular weight excluding hydrogens is 234 g/mol. The topological polar surface area (TPSA) is 93.4 Å². The summed E-state index contributed by atoms with van der Waals surface area (Å²) in [6, 6.07) is 3.24. The van der Waals surface area contributed by atoms with E-state index in [1.807, 2.05) is 6.92 Å². The molecule has 1 aromatic rings. The quantitative estimate of drug-likeness (QED) is 0.581. The summed E-state index contributed by atoms with van der Waals surface area (Å²) in [6.07, 6.45) is 1.01. The molecule has 0 saturated carbocycles. The summed E-state index contributed by atoms with van der Waals surface area (Å²) in [5, 5.41) is 7.64. The van der Waals surface area contributed by atoms with Crippen LogP contribution in [-0.4, -0.2) is 46.8 Å². The van der Waals surface area contributed by atoms with Crippen LogP contribution in [0.15, 0.2) is 12.1 Å². The first-order valence-electron chi connectivity index (χ1n) is 5.95. The van der Waals surface area contributed by atoms with Crippen molar-refractivity contribution in [2.45, 2.75) is 19.4 Å². The number of hydrogen-bond acceptors (Lipinski definition) is 6. The predicted octanol–water partition coefficient (Wildman–Crippen LogP) is 0.0132. The van der Waals surface area contributed by atoms with E-state index in [9.17, 15) is 4.79 Å². The molecule has 1 atom stereocenters. The van der Waals surface area contributed by atoms with Gasteiger partial charge < -0.3 is 15.1 Å². The average molecular weight is 251 g/mol. The minimum atomic E-state index is -0.118. The van der Waals surface area contributed by atoms with Crippen LogP contribution in [0.3, 0.4) is 0 Å². The highest BCUT2D eigenvalue weighted by Gasteiger charge is 2.24. The van der Waals surface area contributed by atoms with Crippen LogP contribution in [0.5, 0.6) is 0 Å². The Morgan fingerprint density at radius 2 is 2.44 bits per heavy atom. The molecule has 1 saturated heterocycles. The Labute approximate surface area is 105 Å². The van der Waals surface area contributed by atoms with Crippen LogP contribution in [0.4, 0.5) is 5.82 Å². The van der Waals surface area contributed by atoms with Crippen molar-refractivity contribution in [2.75, 3.05) is 25.1 Å². The van der Waals surface area contributed by atoms with Gasteiger partial charge in [0.1, 0.15) is 0 Å². The van der Waals surface area contributed by atoms with Crippen molar-refractivity contribution < 1.29 is 9.53 Å². The summed E-state index contributed by atoms with van der Waals surface area (Å²) in [4.78, 5) is 13.9. The number of morpholine rings is 1. The zero-order valence-electron chi connectivity index (χ0n) is 10.3. The number of hydrogen-bond donors (Lipinski definition) is 2. The fourth-order valence-electron chi connectivity index (χ4n) is 1.84. The number of anilines is 1. The highest BCUT2D eigenvalue weighted by atomic mass is 16.5. The third kappa shape index (κ3) is 2.74. The minimum Gasteiger partial charge on any atom is -0.375 e. The van der Waals surface area contributed by atoms with Gasteiger partial charge in [-0.1, -0.05) is 6.92 Å². The number of nitrogen functional groups attached to an aromatic ring is 1. The number of carbonyl (C=O) groups is 1. The Kier molecular flexibility index (Phi) is 4.06. The number of carbonyl (C=O) groups excluding carboxylic acids is 1. The van der Waals surface area contributed by atoms with Crippen molar-refractivity contribution in [3.05, 3.63) is 17.8 Å². The molecule has 98 valence electrons. The highest BCUT2D eigenvalue weighted by Crippen LogP contribution is 2.11. The van der Waals surface area contributed by atoms with Crippen LogP contribution >= 0.6 is 0 Å². The van der Waals surface area contributed by atoms with Crippen molar-refractivity contribution >= 4 is 11.7 Å². The Morgan fingerprint density at radius 1 is 1.61 bits per heavy atom. The Bertz CT molecular complexity index is 408. The summed E-state index contributed by atoms with van der Waals surface area (Å²) in [6.45, 7) is 3.81. The molecule has 1 amide bonds. The molecule has 2 heterocycles. The van der Waals surface area contributed by atoms with Gasteiger partial charge >= 0.3 is 0 Å². The minimum absolute atomic E-state index is 0.112. The third-order valence-corrected chi connectivity index (χ3v) is 2.91. The molecule has 7 heteroatoms. The normalized spacial score (nSPS) is 19.7. The van der Waals surface area contributed by atoms with E-state index in [2.05, 4.69) is 15.6 Å². The number of nitrogens with two attached hydrogens (primary N) is 1. The lowest BCUT2D eigenvalue weighted by Gasteiger charge is -2.32. The standard InChI is InChI=1S/C11H17N5O2/c1-2-8-7-16(5-6-18-8)11(17)9-3-4-10(13-12)15-14-9/h3-4,8H,2,5-7,12H2,1H3,(H,13,15). The number of rotatable bonds is 3. The van der Waals surface area contributed by atoms with Crippen LogP contribution in [-0.2, 0) is 4.74 Å². The molecule has 18 heavy (non-hydrogen) atoms. The maximum absolute atomic E-state index is 12.2. The van der Waals surface area contributed by atoms with Crippen molar-refractivity contribution in [2.24, 2.45) is 5.84 Å². The lowest BCUT2D eigenvalue weighted by Crippen LogP contribution is -2.45. The van der Waals surface area contributed by atoms with Crippen LogP contribution in [0.1, 0.15) is 23.8 Å². The third-order valence-electron chi connectivity index (χ3n) is 2.91. The number of amides is 1. The van der Waals surface area contributed by atoms with E-state index in [0.717, 1.165) is 6.42 Å². The highest BCUT2D eigenvalue weighted by molar-refractivity contribution is 5.92. The van der Waals surface area contributed by atoms with Gasteiger partial charge in [0.15, 0.2) is 11.5 Å². The van der Waals surface area contributed by atoms with E-state index in [0.29, 0.717) is 31.2 Å². The summed E-state index contributed by atoms with van der Waals surface area (Å²) in [7, 11) is 0. The number of aromatic nitrogens is 2. The Morgan fingerprint density at radius 3 is 3.06 bits per heavy atom. The molecule has 0 aromatic carbocycles. The number of ether oxygens (including phenoxy) is 1. The second kappa shape index (κ2) is 5.74. The second-order valence-corrected chi connectivity index (χ2v) is 4.10. The maximum atomic E-state index is 12.2. The SMILES string of the molecule is CCC1CN(C(=O)c2ccc(NN)nn2)CCO1. The van der Waals surface area contributed by atoms with Gasteiger partial charge in [-0.25, -0.2) is 5.84 Å². The molecule has 1 fully saturated rings. The molecular formula is C11H17N5O2. The van der Waals surface area contributed by atoms with E-state index in [1.54, 1.807) is 17.0 Å². The summed E-state index contributed by atoms with van der Waals surface area (Å²) in [5.74, 6) is 5.50. The van der Waals surface area contributed by atoms with Gasteiger partial charge in [-0.05, 0) is 18.6 Å². The first-order chi connectivity index (χ1) is 8.74. The fraction of sp³-hybridized carbons (Fsp3) is 0.545. The first kappa shape index (κ1) is 12.7. The van der Waals surface area contributed by atoms with Crippen molar-refractivity contribution in [1.29, 1.82) is 0 Å². The molecule has 0 spiro atoms.